The van der Waals surface area contributed by atoms with Crippen molar-refractivity contribution in [2.24, 2.45) is 0 Å². The van der Waals surface area contributed by atoms with Crippen LogP contribution in [0.15, 0.2) is 12.2 Å². The van der Waals surface area contributed by atoms with Crippen molar-refractivity contribution in [2.75, 3.05) is 11.5 Å². The Bertz CT molecular complexity index is 155. The highest BCUT2D eigenvalue weighted by Crippen LogP contribution is 2.08. The molecule has 0 aliphatic rings. The topological polar surface area (TPSA) is 40.1 Å². The van der Waals surface area contributed by atoms with Gasteiger partial charge in [0, 0.05) is 0 Å². The quantitative estimate of drug-likeness (QED) is 0.444. The van der Waals surface area contributed by atoms with Gasteiger partial charge < -0.3 is 9.90 Å². The van der Waals surface area contributed by atoms with Gasteiger partial charge in [0.2, 0.25) is 0 Å². The van der Waals surface area contributed by atoms with Crippen LogP contribution in [0.1, 0.15) is 26.2 Å². The number of hydrogen-bond donors (Lipinski definition) is 0. The van der Waals surface area contributed by atoms with Crippen LogP contribution >= 0.6 is 11.8 Å². The molecule has 0 amide bonds. The van der Waals surface area contributed by atoms with Crippen LogP contribution < -0.4 is 5.11 Å². The fourth-order valence-corrected chi connectivity index (χ4v) is 1.49. The van der Waals surface area contributed by atoms with Crippen LogP contribution in [0.25, 0.3) is 0 Å². The summed E-state index contributed by atoms with van der Waals surface area (Å²) in [6.07, 6.45) is 2.53. The Kier molecular flexibility index (Phi) is 6.96. The number of carbonyl (C=O) groups is 1. The van der Waals surface area contributed by atoms with Crippen LogP contribution in [0.5, 0.6) is 0 Å². The van der Waals surface area contributed by atoms with Gasteiger partial charge >= 0.3 is 0 Å². The summed E-state index contributed by atoms with van der Waals surface area (Å²) in [5.41, 5.74) is 0.219. The fourth-order valence-electron chi connectivity index (χ4n) is 0.789. The van der Waals surface area contributed by atoms with Crippen molar-refractivity contribution >= 4 is 17.7 Å². The third kappa shape index (κ3) is 6.28. The van der Waals surface area contributed by atoms with Crippen LogP contribution in [-0.4, -0.2) is 17.5 Å². The number of carboxylic acids is 1. The summed E-state index contributed by atoms with van der Waals surface area (Å²) in [5.74, 6) is 1.12. The van der Waals surface area contributed by atoms with E-state index in [9.17, 15) is 9.90 Å². The van der Waals surface area contributed by atoms with Crippen LogP contribution in [0.2, 0.25) is 0 Å². The standard InChI is InChI=1S/C9H16O2S/c1-3-12-7-5-4-6-8(2)9(10)11/h2-7H2,1H3,(H,10,11)/p-1. The van der Waals surface area contributed by atoms with Gasteiger partial charge in [-0.25, -0.2) is 0 Å². The Morgan fingerprint density at radius 1 is 1.50 bits per heavy atom. The van der Waals surface area contributed by atoms with Crippen LogP contribution in [-0.2, 0) is 4.79 Å². The first-order valence-corrected chi connectivity index (χ1v) is 5.30. The zero-order valence-corrected chi connectivity index (χ0v) is 8.28. The first-order valence-electron chi connectivity index (χ1n) is 4.15. The van der Waals surface area contributed by atoms with Crippen molar-refractivity contribution in [3.05, 3.63) is 12.2 Å². The normalized spacial score (nSPS) is 9.75. The van der Waals surface area contributed by atoms with E-state index in [1.807, 2.05) is 11.8 Å². The van der Waals surface area contributed by atoms with Crippen molar-refractivity contribution in [1.29, 1.82) is 0 Å². The Labute approximate surface area is 78.0 Å². The summed E-state index contributed by atoms with van der Waals surface area (Å²) < 4.78 is 0. The van der Waals surface area contributed by atoms with Gasteiger partial charge in [-0.1, -0.05) is 13.5 Å². The number of rotatable bonds is 7. The van der Waals surface area contributed by atoms with Crippen LogP contribution in [0.3, 0.4) is 0 Å². The van der Waals surface area contributed by atoms with E-state index < -0.39 is 5.97 Å². The van der Waals surface area contributed by atoms with Gasteiger partial charge in [0.25, 0.3) is 0 Å². The Morgan fingerprint density at radius 2 is 2.17 bits per heavy atom. The second-order valence-corrected chi connectivity index (χ2v) is 3.94. The van der Waals surface area contributed by atoms with Crippen molar-refractivity contribution in [3.8, 4) is 0 Å². The second kappa shape index (κ2) is 7.22. The third-order valence-electron chi connectivity index (χ3n) is 1.51. The minimum Gasteiger partial charge on any atom is -0.545 e. The minimum atomic E-state index is -1.11. The largest absolute Gasteiger partial charge is 0.545 e. The van der Waals surface area contributed by atoms with E-state index in [1.165, 1.54) is 0 Å². The molecule has 0 aromatic carbocycles. The predicted octanol–water partition coefficient (Wildman–Crippen LogP) is 1.22. The zero-order chi connectivity index (χ0) is 9.40. The maximum atomic E-state index is 10.2. The molecule has 0 saturated heterocycles. The molecule has 0 radical (unpaired) electrons. The molecule has 0 fully saturated rings. The smallest absolute Gasteiger partial charge is 0.0668 e. The first kappa shape index (κ1) is 11.6. The van der Waals surface area contributed by atoms with E-state index in [0.29, 0.717) is 6.42 Å². The summed E-state index contributed by atoms with van der Waals surface area (Å²) in [7, 11) is 0. The maximum absolute atomic E-state index is 10.2. The highest BCUT2D eigenvalue weighted by atomic mass is 32.2. The first-order chi connectivity index (χ1) is 5.68. The lowest BCUT2D eigenvalue weighted by Gasteiger charge is -2.05. The molecule has 0 spiro atoms. The van der Waals surface area contributed by atoms with Crippen LogP contribution in [0, 0.1) is 0 Å². The number of hydrogen-bond acceptors (Lipinski definition) is 3. The fraction of sp³-hybridized carbons (Fsp3) is 0.667. The molecule has 0 saturated carbocycles. The summed E-state index contributed by atoms with van der Waals surface area (Å²) in [6, 6.07) is 0. The van der Waals surface area contributed by atoms with Crippen LogP contribution in [0.4, 0.5) is 0 Å². The molecule has 0 aliphatic carbocycles. The van der Waals surface area contributed by atoms with Gasteiger partial charge in [0.1, 0.15) is 0 Å². The number of carbonyl (C=O) groups excluding carboxylic acids is 1. The summed E-state index contributed by atoms with van der Waals surface area (Å²) in [4.78, 5) is 10.2. The number of aliphatic carboxylic acids is 1. The van der Waals surface area contributed by atoms with Gasteiger partial charge in [-0.3, -0.25) is 0 Å². The number of carboxylic acid groups (broad SMARTS) is 1. The van der Waals surface area contributed by atoms with Gasteiger partial charge in [-0.2, -0.15) is 11.8 Å². The average molecular weight is 187 g/mol. The molecule has 0 aliphatic heterocycles. The third-order valence-corrected chi connectivity index (χ3v) is 2.50. The molecule has 0 heterocycles. The molecule has 0 rings (SSSR count). The molecule has 70 valence electrons. The van der Waals surface area contributed by atoms with E-state index >= 15 is 0 Å². The molecule has 0 atom stereocenters. The Hall–Kier alpha value is -0.440. The summed E-state index contributed by atoms with van der Waals surface area (Å²) >= 11 is 1.88. The van der Waals surface area contributed by atoms with E-state index in [4.69, 9.17) is 0 Å². The average Bonchev–Trinajstić information content (AvgIpc) is 2.03. The molecule has 3 heteroatoms. The lowest BCUT2D eigenvalue weighted by Crippen LogP contribution is -2.23. The molecule has 0 bridgehead atoms. The second-order valence-electron chi connectivity index (χ2n) is 2.55. The zero-order valence-electron chi connectivity index (χ0n) is 7.47. The summed E-state index contributed by atoms with van der Waals surface area (Å²) in [6.45, 7) is 5.52. The molecule has 2 nitrogen and oxygen atoms in total. The molecule has 0 aromatic rings. The highest BCUT2D eigenvalue weighted by Gasteiger charge is 1.94. The maximum Gasteiger partial charge on any atom is 0.0668 e. The number of thioether (sulfide) groups is 1. The van der Waals surface area contributed by atoms with Gasteiger partial charge in [-0.15, -0.1) is 0 Å². The highest BCUT2D eigenvalue weighted by molar-refractivity contribution is 7.99. The SMILES string of the molecule is C=C(CCCCSCC)C(=O)[O-]. The monoisotopic (exact) mass is 187 g/mol. The molecule has 0 N–H and O–H groups in total. The van der Waals surface area contributed by atoms with Crippen molar-refractivity contribution < 1.29 is 9.90 Å². The van der Waals surface area contributed by atoms with E-state index in [1.54, 1.807) is 0 Å². The Balaban J connectivity index is 3.20. The van der Waals surface area contributed by atoms with Gasteiger partial charge in [-0.05, 0) is 36.3 Å². The minimum absolute atomic E-state index is 0.219. The lowest BCUT2D eigenvalue weighted by atomic mass is 10.1. The van der Waals surface area contributed by atoms with E-state index in [0.717, 1.165) is 24.3 Å². The molecular formula is C9H15O2S-. The van der Waals surface area contributed by atoms with Crippen molar-refractivity contribution in [1.82, 2.24) is 0 Å². The van der Waals surface area contributed by atoms with Gasteiger partial charge in [0.05, 0.1) is 5.97 Å². The van der Waals surface area contributed by atoms with E-state index in [-0.39, 0.29) is 5.57 Å². The lowest BCUT2D eigenvalue weighted by molar-refractivity contribution is -0.299. The van der Waals surface area contributed by atoms with Crippen molar-refractivity contribution in [2.45, 2.75) is 26.2 Å². The van der Waals surface area contributed by atoms with E-state index in [2.05, 4.69) is 13.5 Å². The number of unbranched alkanes of at least 4 members (excludes halogenated alkanes) is 1. The molecule has 0 unspecified atom stereocenters. The predicted molar refractivity (Wildman–Crippen MR) is 51.0 cm³/mol. The molecular weight excluding hydrogens is 172 g/mol. The Morgan fingerprint density at radius 3 is 2.67 bits per heavy atom. The summed E-state index contributed by atoms with van der Waals surface area (Å²) in [5, 5.41) is 10.2. The molecule has 12 heavy (non-hydrogen) atoms. The molecule has 0 aromatic heterocycles. The van der Waals surface area contributed by atoms with Gasteiger partial charge in [0.15, 0.2) is 0 Å². The van der Waals surface area contributed by atoms with Crippen molar-refractivity contribution in [3.63, 3.8) is 0 Å².